The first kappa shape index (κ1) is 13.3. The van der Waals surface area contributed by atoms with E-state index in [4.69, 9.17) is 16.3 Å². The van der Waals surface area contributed by atoms with E-state index in [9.17, 15) is 0 Å². The molecule has 0 aliphatic heterocycles. The van der Waals surface area contributed by atoms with Crippen molar-refractivity contribution < 1.29 is 4.74 Å². The number of fused-ring (bicyclic) bond motifs is 1. The van der Waals surface area contributed by atoms with E-state index in [0.717, 1.165) is 30.7 Å². The molecule has 1 unspecified atom stereocenters. The summed E-state index contributed by atoms with van der Waals surface area (Å²) >= 11 is 6.12. The predicted molar refractivity (Wildman–Crippen MR) is 81.5 cm³/mol. The second kappa shape index (κ2) is 5.71. The summed E-state index contributed by atoms with van der Waals surface area (Å²) in [6.07, 6.45) is 5.07. The lowest BCUT2D eigenvalue weighted by Crippen LogP contribution is -2.17. The van der Waals surface area contributed by atoms with Gasteiger partial charge in [-0.2, -0.15) is 0 Å². The first-order chi connectivity index (χ1) is 9.78. The summed E-state index contributed by atoms with van der Waals surface area (Å²) in [5, 5.41) is 4.03. The number of methoxy groups -OCH3 is 1. The zero-order valence-electron chi connectivity index (χ0n) is 11.4. The minimum absolute atomic E-state index is 0.284. The Bertz CT molecular complexity index is 615. The highest BCUT2D eigenvalue weighted by Gasteiger charge is 2.21. The highest BCUT2D eigenvalue weighted by Crippen LogP contribution is 2.35. The molecule has 0 radical (unpaired) electrons. The first-order valence-corrected chi connectivity index (χ1v) is 7.19. The molecule has 1 aromatic heterocycles. The van der Waals surface area contributed by atoms with Crippen LogP contribution in [0.3, 0.4) is 0 Å². The van der Waals surface area contributed by atoms with Crippen molar-refractivity contribution in [2.24, 2.45) is 0 Å². The van der Waals surface area contributed by atoms with E-state index in [-0.39, 0.29) is 6.04 Å². The number of hydrogen-bond donors (Lipinski definition) is 1. The summed E-state index contributed by atoms with van der Waals surface area (Å²) in [5.41, 5.74) is 3.58. The van der Waals surface area contributed by atoms with Crippen LogP contribution >= 0.6 is 11.6 Å². The van der Waals surface area contributed by atoms with Crippen LogP contribution < -0.4 is 10.1 Å². The van der Waals surface area contributed by atoms with Gasteiger partial charge < -0.3 is 10.1 Å². The van der Waals surface area contributed by atoms with E-state index < -0.39 is 0 Å². The number of benzene rings is 1. The van der Waals surface area contributed by atoms with Crippen molar-refractivity contribution in [1.29, 1.82) is 0 Å². The Kier molecular flexibility index (Phi) is 3.79. The number of nitrogens with zero attached hydrogens (tertiary/aromatic N) is 1. The molecule has 2 aromatic rings. The number of aryl methyl sites for hydroxylation is 1. The lowest BCUT2D eigenvalue weighted by Gasteiger charge is -2.27. The molecule has 0 fully saturated rings. The molecule has 20 heavy (non-hydrogen) atoms. The van der Waals surface area contributed by atoms with Gasteiger partial charge in [-0.15, -0.1) is 0 Å². The lowest BCUT2D eigenvalue weighted by atomic mass is 9.87. The monoisotopic (exact) mass is 288 g/mol. The Balaban J connectivity index is 1.88. The highest BCUT2D eigenvalue weighted by molar-refractivity contribution is 6.31. The molecule has 1 aromatic carbocycles. The standard InChI is InChI=1S/C16H17ClN2O/c1-20-12-7-8-13-11(10-12)4-2-5-14(13)19-15-6-3-9-18-16(15)17/h3,6-10,14,19H,2,4-5H2,1H3. The van der Waals surface area contributed by atoms with E-state index in [1.165, 1.54) is 11.1 Å². The van der Waals surface area contributed by atoms with Gasteiger partial charge >= 0.3 is 0 Å². The second-order valence-electron chi connectivity index (χ2n) is 5.00. The summed E-state index contributed by atoms with van der Waals surface area (Å²) in [6, 6.07) is 10.4. The van der Waals surface area contributed by atoms with Gasteiger partial charge in [0.05, 0.1) is 18.8 Å². The van der Waals surface area contributed by atoms with Crippen LogP contribution in [0.4, 0.5) is 5.69 Å². The van der Waals surface area contributed by atoms with Crippen molar-refractivity contribution in [1.82, 2.24) is 4.98 Å². The van der Waals surface area contributed by atoms with Crippen LogP contribution in [0.25, 0.3) is 0 Å². The number of pyridine rings is 1. The van der Waals surface area contributed by atoms with E-state index in [1.807, 2.05) is 18.2 Å². The Labute approximate surface area is 123 Å². The van der Waals surface area contributed by atoms with E-state index in [2.05, 4.69) is 22.4 Å². The maximum atomic E-state index is 6.12. The maximum Gasteiger partial charge on any atom is 0.152 e. The fraction of sp³-hybridized carbons (Fsp3) is 0.312. The van der Waals surface area contributed by atoms with E-state index >= 15 is 0 Å². The van der Waals surface area contributed by atoms with Crippen LogP contribution in [0, 0.1) is 0 Å². The second-order valence-corrected chi connectivity index (χ2v) is 5.35. The predicted octanol–water partition coefficient (Wildman–Crippen LogP) is 4.23. The molecule has 1 N–H and O–H groups in total. The molecule has 1 heterocycles. The zero-order chi connectivity index (χ0) is 13.9. The van der Waals surface area contributed by atoms with Gasteiger partial charge in [-0.05, 0) is 54.7 Å². The average Bonchev–Trinajstić information content (AvgIpc) is 2.49. The summed E-state index contributed by atoms with van der Waals surface area (Å²) in [7, 11) is 1.70. The van der Waals surface area contributed by atoms with Gasteiger partial charge in [0, 0.05) is 6.20 Å². The Morgan fingerprint density at radius 1 is 1.35 bits per heavy atom. The molecule has 4 heteroatoms. The SMILES string of the molecule is COc1ccc2c(c1)CCCC2Nc1cccnc1Cl. The fourth-order valence-electron chi connectivity index (χ4n) is 2.75. The van der Waals surface area contributed by atoms with Gasteiger partial charge in [0.1, 0.15) is 5.75 Å². The zero-order valence-corrected chi connectivity index (χ0v) is 12.2. The molecule has 0 bridgehead atoms. The summed E-state index contributed by atoms with van der Waals surface area (Å²) in [6.45, 7) is 0. The topological polar surface area (TPSA) is 34.1 Å². The molecule has 1 aliphatic rings. The lowest BCUT2D eigenvalue weighted by molar-refractivity contribution is 0.413. The highest BCUT2D eigenvalue weighted by atomic mass is 35.5. The quantitative estimate of drug-likeness (QED) is 0.858. The van der Waals surface area contributed by atoms with Crippen molar-refractivity contribution in [2.45, 2.75) is 25.3 Å². The summed E-state index contributed by atoms with van der Waals surface area (Å²) < 4.78 is 5.30. The largest absolute Gasteiger partial charge is 0.497 e. The van der Waals surface area contributed by atoms with Crippen LogP contribution in [-0.2, 0) is 6.42 Å². The van der Waals surface area contributed by atoms with Gasteiger partial charge in [-0.1, -0.05) is 17.7 Å². The number of ether oxygens (including phenoxy) is 1. The number of nitrogens with one attached hydrogen (secondary N) is 1. The Hall–Kier alpha value is -1.74. The molecule has 0 saturated heterocycles. The van der Waals surface area contributed by atoms with Crippen molar-refractivity contribution >= 4 is 17.3 Å². The Morgan fingerprint density at radius 2 is 2.25 bits per heavy atom. The van der Waals surface area contributed by atoms with Crippen molar-refractivity contribution in [3.05, 3.63) is 52.8 Å². The molecule has 1 atom stereocenters. The number of anilines is 1. The van der Waals surface area contributed by atoms with Crippen LogP contribution in [0.2, 0.25) is 5.15 Å². The minimum atomic E-state index is 0.284. The van der Waals surface area contributed by atoms with Gasteiger partial charge in [0.15, 0.2) is 5.15 Å². The molecular formula is C16H17ClN2O. The molecule has 0 amide bonds. The van der Waals surface area contributed by atoms with Gasteiger partial charge in [0.2, 0.25) is 0 Å². The van der Waals surface area contributed by atoms with E-state index in [0.29, 0.717) is 5.15 Å². The smallest absolute Gasteiger partial charge is 0.152 e. The normalized spacial score (nSPS) is 17.4. The molecule has 104 valence electrons. The first-order valence-electron chi connectivity index (χ1n) is 6.82. The van der Waals surface area contributed by atoms with Crippen LogP contribution in [-0.4, -0.2) is 12.1 Å². The van der Waals surface area contributed by atoms with Crippen LogP contribution in [0.15, 0.2) is 36.5 Å². The molecule has 3 nitrogen and oxygen atoms in total. The maximum absolute atomic E-state index is 6.12. The van der Waals surface area contributed by atoms with Crippen molar-refractivity contribution in [3.63, 3.8) is 0 Å². The van der Waals surface area contributed by atoms with Gasteiger partial charge in [-0.25, -0.2) is 4.98 Å². The number of rotatable bonds is 3. The third-order valence-corrected chi connectivity index (χ3v) is 4.05. The summed E-state index contributed by atoms with van der Waals surface area (Å²) in [5.74, 6) is 0.920. The number of aromatic nitrogens is 1. The molecule has 0 saturated carbocycles. The third-order valence-electron chi connectivity index (χ3n) is 3.75. The van der Waals surface area contributed by atoms with Gasteiger partial charge in [0.25, 0.3) is 0 Å². The van der Waals surface area contributed by atoms with Crippen molar-refractivity contribution in [2.75, 3.05) is 12.4 Å². The molecule has 1 aliphatic carbocycles. The van der Waals surface area contributed by atoms with Crippen molar-refractivity contribution in [3.8, 4) is 5.75 Å². The minimum Gasteiger partial charge on any atom is -0.497 e. The third kappa shape index (κ3) is 2.59. The fourth-order valence-corrected chi connectivity index (χ4v) is 2.92. The molecule has 0 spiro atoms. The summed E-state index contributed by atoms with van der Waals surface area (Å²) in [4.78, 5) is 4.11. The van der Waals surface area contributed by atoms with Gasteiger partial charge in [-0.3, -0.25) is 0 Å². The number of hydrogen-bond acceptors (Lipinski definition) is 3. The Morgan fingerprint density at radius 3 is 3.05 bits per heavy atom. The van der Waals surface area contributed by atoms with Crippen LogP contribution in [0.1, 0.15) is 30.0 Å². The number of halogens is 1. The van der Waals surface area contributed by atoms with Crippen LogP contribution in [0.5, 0.6) is 5.75 Å². The molecule has 3 rings (SSSR count). The van der Waals surface area contributed by atoms with E-state index in [1.54, 1.807) is 13.3 Å². The molecular weight excluding hydrogens is 272 g/mol. The average molecular weight is 289 g/mol.